The molecule has 1 aliphatic heterocycles. The van der Waals surface area contributed by atoms with Gasteiger partial charge in [-0.05, 0) is 56.5 Å². The van der Waals surface area contributed by atoms with Gasteiger partial charge in [-0.1, -0.05) is 18.2 Å². The van der Waals surface area contributed by atoms with E-state index >= 15 is 0 Å². The number of hydrogen-bond acceptors (Lipinski definition) is 6. The normalized spacial score (nSPS) is 16.6. The summed E-state index contributed by atoms with van der Waals surface area (Å²) < 4.78 is 33.1. The first kappa shape index (κ1) is 22.6. The van der Waals surface area contributed by atoms with E-state index in [9.17, 15) is 23.1 Å². The maximum absolute atomic E-state index is 12.8. The molecule has 0 aliphatic carbocycles. The molecule has 166 valence electrons. The van der Waals surface area contributed by atoms with Crippen molar-refractivity contribution in [1.82, 2.24) is 0 Å². The van der Waals surface area contributed by atoms with Gasteiger partial charge in [0.15, 0.2) is 0 Å². The lowest BCUT2D eigenvalue weighted by Crippen LogP contribution is -2.39. The summed E-state index contributed by atoms with van der Waals surface area (Å²) in [5.74, 6) is -1.78. The average molecular weight is 447 g/mol. The zero-order valence-corrected chi connectivity index (χ0v) is 18.3. The molecule has 1 unspecified atom stereocenters. The average Bonchev–Trinajstić information content (AvgIpc) is 2.74. The van der Waals surface area contributed by atoms with E-state index in [1.807, 2.05) is 4.90 Å². The minimum atomic E-state index is -3.95. The minimum Gasteiger partial charge on any atom is -0.478 e. The number of nitrogens with zero attached hydrogens (tertiary/aromatic N) is 1. The summed E-state index contributed by atoms with van der Waals surface area (Å²) >= 11 is 0. The van der Waals surface area contributed by atoms with Crippen LogP contribution in [0.4, 0.5) is 11.4 Å². The predicted octanol–water partition coefficient (Wildman–Crippen LogP) is 3.27. The van der Waals surface area contributed by atoms with Crippen LogP contribution in [0.1, 0.15) is 35.7 Å². The topological polar surface area (TPSA) is 113 Å². The van der Waals surface area contributed by atoms with E-state index in [1.165, 1.54) is 18.2 Å². The molecule has 0 aromatic heterocycles. The molecule has 1 aliphatic rings. The predicted molar refractivity (Wildman–Crippen MR) is 117 cm³/mol. The summed E-state index contributed by atoms with van der Waals surface area (Å²) in [6, 6.07) is 11.0. The molecule has 0 saturated carbocycles. The van der Waals surface area contributed by atoms with Gasteiger partial charge in [-0.15, -0.1) is 0 Å². The number of ether oxygens (including phenoxy) is 1. The number of nitrogens with one attached hydrogen (secondary N) is 1. The van der Waals surface area contributed by atoms with E-state index in [4.69, 9.17) is 4.74 Å². The van der Waals surface area contributed by atoms with Gasteiger partial charge in [0.2, 0.25) is 0 Å². The van der Waals surface area contributed by atoms with Crippen LogP contribution in [0.3, 0.4) is 0 Å². The summed E-state index contributed by atoms with van der Waals surface area (Å²) in [7, 11) is -3.95. The molecular formula is C22H26N2O6S. The van der Waals surface area contributed by atoms with Crippen LogP contribution in [-0.2, 0) is 19.6 Å². The van der Waals surface area contributed by atoms with Gasteiger partial charge in [0, 0.05) is 18.8 Å². The number of aromatic carboxylic acids is 1. The molecule has 1 fully saturated rings. The third kappa shape index (κ3) is 5.16. The van der Waals surface area contributed by atoms with Crippen LogP contribution in [0.15, 0.2) is 47.4 Å². The smallest absolute Gasteiger partial charge is 0.337 e. The van der Waals surface area contributed by atoms with Crippen molar-refractivity contribution < 1.29 is 27.9 Å². The number of esters is 1. The van der Waals surface area contributed by atoms with Crippen LogP contribution < -0.4 is 9.62 Å². The number of anilines is 2. The molecule has 1 heterocycles. The molecule has 1 saturated heterocycles. The Morgan fingerprint density at radius 1 is 1.23 bits per heavy atom. The lowest BCUT2D eigenvalue weighted by Gasteiger charge is -2.33. The van der Waals surface area contributed by atoms with Crippen molar-refractivity contribution in [2.24, 2.45) is 5.92 Å². The second-order valence-corrected chi connectivity index (χ2v) is 9.09. The lowest BCUT2D eigenvalue weighted by atomic mass is 9.97. The van der Waals surface area contributed by atoms with Crippen molar-refractivity contribution in [3.8, 4) is 0 Å². The summed E-state index contributed by atoms with van der Waals surface area (Å²) in [6.45, 7) is 4.84. The van der Waals surface area contributed by atoms with Gasteiger partial charge in [0.05, 0.1) is 28.7 Å². The van der Waals surface area contributed by atoms with E-state index < -0.39 is 16.0 Å². The molecule has 0 spiro atoms. The molecule has 31 heavy (non-hydrogen) atoms. The third-order valence-corrected chi connectivity index (χ3v) is 6.79. The van der Waals surface area contributed by atoms with E-state index in [2.05, 4.69) is 4.72 Å². The number of carbonyl (C=O) groups excluding carboxylic acids is 1. The second kappa shape index (κ2) is 9.38. The molecule has 2 aromatic rings. The number of rotatable bonds is 7. The van der Waals surface area contributed by atoms with Crippen molar-refractivity contribution in [2.75, 3.05) is 29.3 Å². The van der Waals surface area contributed by atoms with Crippen LogP contribution in [-0.4, -0.2) is 45.2 Å². The number of hydrogen-bond donors (Lipinski definition) is 2. The highest BCUT2D eigenvalue weighted by molar-refractivity contribution is 7.92. The van der Waals surface area contributed by atoms with Gasteiger partial charge in [0.25, 0.3) is 10.0 Å². The largest absolute Gasteiger partial charge is 0.478 e. The molecular weight excluding hydrogens is 420 g/mol. The molecule has 1 atom stereocenters. The number of sulfonamides is 1. The standard InChI is InChI=1S/C22H26N2O6S/c1-3-30-22(27)16-8-6-12-24(14-16)17-10-11-19(18(13-17)21(25)26)23-31(28,29)20-9-5-4-7-15(20)2/h4-5,7,9-11,13,16,23H,3,6,8,12,14H2,1-2H3,(H,25,26). The zero-order chi connectivity index (χ0) is 22.6. The highest BCUT2D eigenvalue weighted by atomic mass is 32.2. The second-order valence-electron chi connectivity index (χ2n) is 7.44. The fourth-order valence-electron chi connectivity index (χ4n) is 3.72. The Balaban J connectivity index is 1.87. The molecule has 9 heteroatoms. The van der Waals surface area contributed by atoms with Crippen molar-refractivity contribution >= 4 is 33.3 Å². The van der Waals surface area contributed by atoms with Crippen LogP contribution in [0.25, 0.3) is 0 Å². The first-order chi connectivity index (χ1) is 14.7. The van der Waals surface area contributed by atoms with Crippen molar-refractivity contribution in [3.63, 3.8) is 0 Å². The number of carbonyl (C=O) groups is 2. The molecule has 0 radical (unpaired) electrons. The number of piperidine rings is 1. The van der Waals surface area contributed by atoms with Gasteiger partial charge >= 0.3 is 11.9 Å². The van der Waals surface area contributed by atoms with Gasteiger partial charge in [-0.2, -0.15) is 0 Å². The third-order valence-electron chi connectivity index (χ3n) is 5.27. The highest BCUT2D eigenvalue weighted by Gasteiger charge is 2.28. The van der Waals surface area contributed by atoms with Crippen molar-refractivity contribution in [1.29, 1.82) is 0 Å². The monoisotopic (exact) mass is 446 g/mol. The summed E-state index contributed by atoms with van der Waals surface area (Å²) in [5.41, 5.74) is 0.999. The first-order valence-corrected chi connectivity index (χ1v) is 11.6. The zero-order valence-electron chi connectivity index (χ0n) is 17.5. The SMILES string of the molecule is CCOC(=O)C1CCCN(c2ccc(NS(=O)(=O)c3ccccc3C)c(C(=O)O)c2)C1. The van der Waals surface area contributed by atoms with Crippen molar-refractivity contribution in [2.45, 2.75) is 31.6 Å². The number of carboxylic acid groups (broad SMARTS) is 1. The fourth-order valence-corrected chi connectivity index (χ4v) is 5.04. The molecule has 0 bridgehead atoms. The number of aryl methyl sites for hydroxylation is 1. The Hall–Kier alpha value is -3.07. The highest BCUT2D eigenvalue weighted by Crippen LogP contribution is 2.29. The van der Waals surface area contributed by atoms with Crippen LogP contribution in [0.5, 0.6) is 0 Å². The van der Waals surface area contributed by atoms with Gasteiger partial charge in [0.1, 0.15) is 0 Å². The summed E-state index contributed by atoms with van der Waals surface area (Å²) in [5, 5.41) is 9.69. The molecule has 2 aromatic carbocycles. The Bertz CT molecular complexity index is 1080. The van der Waals surface area contributed by atoms with Crippen molar-refractivity contribution in [3.05, 3.63) is 53.6 Å². The Morgan fingerprint density at radius 3 is 2.65 bits per heavy atom. The maximum Gasteiger partial charge on any atom is 0.337 e. The quantitative estimate of drug-likeness (QED) is 0.628. The Kier molecular flexibility index (Phi) is 6.84. The summed E-state index contributed by atoms with van der Waals surface area (Å²) in [6.07, 6.45) is 1.49. The fraction of sp³-hybridized carbons (Fsp3) is 0.364. The van der Waals surface area contributed by atoms with Crippen LogP contribution >= 0.6 is 0 Å². The molecule has 8 nitrogen and oxygen atoms in total. The Morgan fingerprint density at radius 2 is 1.97 bits per heavy atom. The van der Waals surface area contributed by atoms with Gasteiger partial charge < -0.3 is 14.7 Å². The van der Waals surface area contributed by atoms with E-state index in [0.29, 0.717) is 30.9 Å². The Labute approximate surface area is 181 Å². The van der Waals surface area contributed by atoms with Gasteiger partial charge in [-0.25, -0.2) is 13.2 Å². The van der Waals surface area contributed by atoms with E-state index in [0.717, 1.165) is 12.8 Å². The maximum atomic E-state index is 12.8. The number of benzene rings is 2. The van der Waals surface area contributed by atoms with Crippen LogP contribution in [0.2, 0.25) is 0 Å². The van der Waals surface area contributed by atoms with Gasteiger partial charge in [-0.3, -0.25) is 9.52 Å². The molecule has 3 rings (SSSR count). The molecule has 0 amide bonds. The summed E-state index contributed by atoms with van der Waals surface area (Å²) in [4.78, 5) is 26.0. The minimum absolute atomic E-state index is 0.0153. The van der Waals surface area contributed by atoms with E-state index in [-0.39, 0.29) is 28.0 Å². The number of carboxylic acids is 1. The molecule has 2 N–H and O–H groups in total. The lowest BCUT2D eigenvalue weighted by molar-refractivity contribution is -0.148. The first-order valence-electron chi connectivity index (χ1n) is 10.1. The van der Waals surface area contributed by atoms with Crippen LogP contribution in [0, 0.1) is 12.8 Å². The van der Waals surface area contributed by atoms with E-state index in [1.54, 1.807) is 38.1 Å².